The monoisotopic (exact) mass is 368 g/mol. The van der Waals surface area contributed by atoms with Gasteiger partial charge in [0.15, 0.2) is 0 Å². The molecule has 0 spiro atoms. The molecule has 0 bridgehead atoms. The van der Waals surface area contributed by atoms with Gasteiger partial charge >= 0.3 is 0 Å². The Kier molecular flexibility index (Phi) is 4.46. The maximum atomic E-state index is 5.24. The minimum absolute atomic E-state index is 0.195. The molecule has 0 saturated carbocycles. The highest BCUT2D eigenvalue weighted by Crippen LogP contribution is 2.35. The van der Waals surface area contributed by atoms with E-state index in [1.54, 1.807) is 7.11 Å². The summed E-state index contributed by atoms with van der Waals surface area (Å²) in [6.07, 6.45) is 0. The molecule has 0 amide bonds. The van der Waals surface area contributed by atoms with Crippen molar-refractivity contribution >= 4 is 31.9 Å². The number of methoxy groups -OCH3 is 1. The average molecular weight is 370 g/mol. The van der Waals surface area contributed by atoms with Crippen LogP contribution >= 0.6 is 31.9 Å². The van der Waals surface area contributed by atoms with Crippen LogP contribution in [0.2, 0.25) is 0 Å². The summed E-state index contributed by atoms with van der Waals surface area (Å²) in [5.74, 6) is 0.849. The number of aryl methyl sites for hydroxylation is 1. The van der Waals surface area contributed by atoms with Crippen LogP contribution in [0, 0.1) is 6.92 Å². The van der Waals surface area contributed by atoms with Crippen LogP contribution in [0.4, 0.5) is 0 Å². The Morgan fingerprint density at radius 3 is 2.17 bits per heavy atom. The molecule has 2 rings (SSSR count). The second-order valence-corrected chi connectivity index (χ2v) is 5.94. The van der Waals surface area contributed by atoms with E-state index in [0.29, 0.717) is 0 Å². The number of hydrogen-bond donors (Lipinski definition) is 0. The van der Waals surface area contributed by atoms with Crippen molar-refractivity contribution in [3.63, 3.8) is 0 Å². The van der Waals surface area contributed by atoms with Crippen molar-refractivity contribution in [1.29, 1.82) is 0 Å². The summed E-state index contributed by atoms with van der Waals surface area (Å²) in [5, 5.41) is 0. The van der Waals surface area contributed by atoms with Crippen molar-refractivity contribution in [2.24, 2.45) is 0 Å². The van der Waals surface area contributed by atoms with Gasteiger partial charge in [0.25, 0.3) is 0 Å². The van der Waals surface area contributed by atoms with Crippen LogP contribution in [0.5, 0.6) is 5.75 Å². The zero-order valence-corrected chi connectivity index (χ0v) is 13.5. The van der Waals surface area contributed by atoms with Crippen LogP contribution in [0.25, 0.3) is 0 Å². The van der Waals surface area contributed by atoms with Gasteiger partial charge in [0.2, 0.25) is 0 Å². The lowest BCUT2D eigenvalue weighted by Crippen LogP contribution is -1.94. The Balaban J connectivity index is 2.31. The molecule has 94 valence electrons. The van der Waals surface area contributed by atoms with Gasteiger partial charge in [-0.2, -0.15) is 0 Å². The Morgan fingerprint density at radius 2 is 1.61 bits per heavy atom. The van der Waals surface area contributed by atoms with Crippen molar-refractivity contribution < 1.29 is 4.74 Å². The summed E-state index contributed by atoms with van der Waals surface area (Å²) in [7, 11) is 1.67. The first-order valence-corrected chi connectivity index (χ1v) is 7.36. The molecular weight excluding hydrogens is 356 g/mol. The van der Waals surface area contributed by atoms with Crippen molar-refractivity contribution in [2.75, 3.05) is 7.11 Å². The maximum Gasteiger partial charge on any atom is 0.133 e. The highest BCUT2D eigenvalue weighted by Gasteiger charge is 2.12. The van der Waals surface area contributed by atoms with E-state index in [9.17, 15) is 0 Å². The lowest BCUT2D eigenvalue weighted by molar-refractivity contribution is 0.412. The first-order valence-electron chi connectivity index (χ1n) is 5.66. The molecular formula is C15H14Br2O. The van der Waals surface area contributed by atoms with E-state index in [-0.39, 0.29) is 4.83 Å². The molecule has 0 saturated heterocycles. The quantitative estimate of drug-likeness (QED) is 0.671. The molecule has 1 nitrogen and oxygen atoms in total. The van der Waals surface area contributed by atoms with Crippen LogP contribution in [0.3, 0.4) is 0 Å². The van der Waals surface area contributed by atoms with Crippen LogP contribution in [-0.2, 0) is 0 Å². The van der Waals surface area contributed by atoms with E-state index in [1.165, 1.54) is 16.7 Å². The van der Waals surface area contributed by atoms with Crippen molar-refractivity contribution in [2.45, 2.75) is 11.8 Å². The third-order valence-electron chi connectivity index (χ3n) is 2.84. The molecule has 0 heterocycles. The number of hydrogen-bond acceptors (Lipinski definition) is 1. The number of alkyl halides is 1. The minimum Gasteiger partial charge on any atom is -0.496 e. The third kappa shape index (κ3) is 2.96. The molecule has 3 heteroatoms. The molecule has 2 aromatic carbocycles. The summed E-state index contributed by atoms with van der Waals surface area (Å²) < 4.78 is 6.21. The van der Waals surface area contributed by atoms with Gasteiger partial charge in [-0.05, 0) is 46.1 Å². The van der Waals surface area contributed by atoms with Gasteiger partial charge in [-0.3, -0.25) is 0 Å². The van der Waals surface area contributed by atoms with Crippen molar-refractivity contribution in [1.82, 2.24) is 0 Å². The number of benzene rings is 2. The Hall–Kier alpha value is -0.800. The summed E-state index contributed by atoms with van der Waals surface area (Å²) in [6, 6.07) is 14.7. The summed E-state index contributed by atoms with van der Waals surface area (Å²) in [4.78, 5) is 0.195. The van der Waals surface area contributed by atoms with E-state index in [4.69, 9.17) is 4.74 Å². The van der Waals surface area contributed by atoms with Crippen LogP contribution in [0.15, 0.2) is 46.9 Å². The van der Waals surface area contributed by atoms with Gasteiger partial charge in [-0.25, -0.2) is 0 Å². The van der Waals surface area contributed by atoms with Crippen molar-refractivity contribution in [3.8, 4) is 5.75 Å². The van der Waals surface area contributed by atoms with Gasteiger partial charge in [0, 0.05) is 0 Å². The molecule has 18 heavy (non-hydrogen) atoms. The van der Waals surface area contributed by atoms with Gasteiger partial charge in [0.05, 0.1) is 16.4 Å². The normalized spacial score (nSPS) is 12.2. The van der Waals surface area contributed by atoms with E-state index >= 15 is 0 Å². The molecule has 0 aliphatic carbocycles. The molecule has 0 N–H and O–H groups in total. The first-order chi connectivity index (χ1) is 8.61. The topological polar surface area (TPSA) is 9.23 Å². The molecule has 1 unspecified atom stereocenters. The van der Waals surface area contributed by atoms with E-state index in [2.05, 4.69) is 75.2 Å². The SMILES string of the molecule is COc1ccc(C(Br)c2ccc(C)cc2)cc1Br. The van der Waals surface area contributed by atoms with Crippen LogP contribution in [0.1, 0.15) is 21.5 Å². The molecule has 0 aromatic heterocycles. The number of rotatable bonds is 3. The van der Waals surface area contributed by atoms with E-state index < -0.39 is 0 Å². The summed E-state index contributed by atoms with van der Waals surface area (Å²) in [6.45, 7) is 2.09. The predicted molar refractivity (Wildman–Crippen MR) is 82.6 cm³/mol. The Bertz CT molecular complexity index is 535. The second-order valence-electron chi connectivity index (χ2n) is 4.17. The number of ether oxygens (including phenoxy) is 1. The largest absolute Gasteiger partial charge is 0.496 e. The standard InChI is InChI=1S/C15H14Br2O/c1-10-3-5-11(6-4-10)15(17)12-7-8-14(18-2)13(16)9-12/h3-9,15H,1-2H3. The summed E-state index contributed by atoms with van der Waals surface area (Å²) >= 11 is 7.25. The van der Waals surface area contributed by atoms with Gasteiger partial charge in [-0.15, -0.1) is 0 Å². The van der Waals surface area contributed by atoms with Crippen LogP contribution in [-0.4, -0.2) is 7.11 Å². The highest BCUT2D eigenvalue weighted by atomic mass is 79.9. The molecule has 0 aliphatic heterocycles. The molecule has 0 aliphatic rings. The second kappa shape index (κ2) is 5.89. The van der Waals surface area contributed by atoms with Gasteiger partial charge in [-0.1, -0.05) is 51.8 Å². The summed E-state index contributed by atoms with van der Waals surface area (Å²) in [5.41, 5.74) is 3.72. The zero-order chi connectivity index (χ0) is 13.1. The lowest BCUT2D eigenvalue weighted by Gasteiger charge is -2.13. The predicted octanol–water partition coefficient (Wildman–Crippen LogP) is 5.25. The lowest BCUT2D eigenvalue weighted by atomic mass is 10.0. The molecule has 0 fully saturated rings. The van der Waals surface area contributed by atoms with E-state index in [1.807, 2.05) is 6.07 Å². The first kappa shape index (κ1) is 13.6. The fourth-order valence-electron chi connectivity index (χ4n) is 1.77. The third-order valence-corrected chi connectivity index (χ3v) is 4.52. The fourth-order valence-corrected chi connectivity index (χ4v) is 2.92. The number of halogens is 2. The van der Waals surface area contributed by atoms with Crippen LogP contribution < -0.4 is 4.74 Å². The highest BCUT2D eigenvalue weighted by molar-refractivity contribution is 9.10. The van der Waals surface area contributed by atoms with Crippen molar-refractivity contribution in [3.05, 3.63) is 63.6 Å². The molecule has 0 radical (unpaired) electrons. The smallest absolute Gasteiger partial charge is 0.133 e. The van der Waals surface area contributed by atoms with Gasteiger partial charge < -0.3 is 4.74 Å². The fraction of sp³-hybridized carbons (Fsp3) is 0.200. The Morgan fingerprint density at radius 1 is 1.00 bits per heavy atom. The maximum absolute atomic E-state index is 5.24. The van der Waals surface area contributed by atoms with E-state index in [0.717, 1.165) is 10.2 Å². The van der Waals surface area contributed by atoms with Gasteiger partial charge in [0.1, 0.15) is 5.75 Å². The average Bonchev–Trinajstić information content (AvgIpc) is 2.38. The molecule has 1 atom stereocenters. The Labute approximate surface area is 124 Å². The zero-order valence-electron chi connectivity index (χ0n) is 10.3. The minimum atomic E-state index is 0.195. The molecule has 2 aromatic rings.